The van der Waals surface area contributed by atoms with E-state index in [0.29, 0.717) is 5.68 Å². The SMILES string of the molecule is Cc1cccc2c1o/c(=N/c1ccccc1)n2C. The van der Waals surface area contributed by atoms with Crippen LogP contribution in [0.1, 0.15) is 5.56 Å². The molecule has 0 saturated carbocycles. The van der Waals surface area contributed by atoms with Gasteiger partial charge in [-0.15, -0.1) is 0 Å². The largest absolute Gasteiger partial charge is 0.423 e. The maximum Gasteiger partial charge on any atom is 0.302 e. The highest BCUT2D eigenvalue weighted by molar-refractivity contribution is 5.76. The van der Waals surface area contributed by atoms with E-state index in [1.165, 1.54) is 0 Å². The standard InChI is InChI=1S/C15H14N2O/c1-11-7-6-10-13-14(11)18-15(17(13)2)16-12-8-4-3-5-9-12/h3-10H,1-2H3/b16-15+. The first-order chi connectivity index (χ1) is 8.75. The molecule has 2 aromatic carbocycles. The Labute approximate surface area is 105 Å². The first-order valence-electron chi connectivity index (χ1n) is 5.90. The minimum absolute atomic E-state index is 0.616. The van der Waals surface area contributed by atoms with E-state index < -0.39 is 0 Å². The van der Waals surface area contributed by atoms with Crippen molar-refractivity contribution in [1.29, 1.82) is 0 Å². The van der Waals surface area contributed by atoms with E-state index >= 15 is 0 Å². The lowest BCUT2D eigenvalue weighted by molar-refractivity contribution is 0.508. The van der Waals surface area contributed by atoms with Gasteiger partial charge in [0.15, 0.2) is 5.58 Å². The molecule has 90 valence electrons. The van der Waals surface area contributed by atoms with E-state index in [4.69, 9.17) is 4.42 Å². The van der Waals surface area contributed by atoms with Crippen molar-refractivity contribution >= 4 is 16.8 Å². The molecule has 3 aromatic rings. The van der Waals surface area contributed by atoms with Gasteiger partial charge in [0.1, 0.15) is 0 Å². The molecule has 3 heteroatoms. The van der Waals surface area contributed by atoms with Crippen LogP contribution in [-0.4, -0.2) is 4.57 Å². The summed E-state index contributed by atoms with van der Waals surface area (Å²) in [4.78, 5) is 4.52. The summed E-state index contributed by atoms with van der Waals surface area (Å²) in [7, 11) is 1.97. The van der Waals surface area contributed by atoms with Crippen molar-refractivity contribution < 1.29 is 4.42 Å². The van der Waals surface area contributed by atoms with E-state index in [-0.39, 0.29) is 0 Å². The van der Waals surface area contributed by atoms with E-state index in [1.807, 2.05) is 67.1 Å². The van der Waals surface area contributed by atoms with Gasteiger partial charge in [-0.2, -0.15) is 4.99 Å². The summed E-state index contributed by atoms with van der Waals surface area (Å²) < 4.78 is 7.80. The van der Waals surface area contributed by atoms with Crippen LogP contribution in [0.15, 0.2) is 57.9 Å². The fraction of sp³-hybridized carbons (Fsp3) is 0.133. The van der Waals surface area contributed by atoms with Gasteiger partial charge in [0.2, 0.25) is 0 Å². The lowest BCUT2D eigenvalue weighted by atomic mass is 10.2. The smallest absolute Gasteiger partial charge is 0.302 e. The van der Waals surface area contributed by atoms with Gasteiger partial charge in [-0.1, -0.05) is 30.3 Å². The van der Waals surface area contributed by atoms with Crippen LogP contribution in [0.3, 0.4) is 0 Å². The van der Waals surface area contributed by atoms with Crippen LogP contribution in [0.25, 0.3) is 11.1 Å². The summed E-state index contributed by atoms with van der Waals surface area (Å²) in [6.07, 6.45) is 0. The third kappa shape index (κ3) is 1.74. The summed E-state index contributed by atoms with van der Waals surface area (Å²) in [5.41, 5.74) is 4.59. The molecule has 0 saturated heterocycles. The highest BCUT2D eigenvalue weighted by Crippen LogP contribution is 2.16. The van der Waals surface area contributed by atoms with Gasteiger partial charge in [0.25, 0.3) is 0 Å². The predicted molar refractivity (Wildman–Crippen MR) is 71.6 cm³/mol. The number of rotatable bonds is 1. The van der Waals surface area contributed by atoms with Gasteiger partial charge >= 0.3 is 5.68 Å². The van der Waals surface area contributed by atoms with E-state index in [1.54, 1.807) is 0 Å². The zero-order chi connectivity index (χ0) is 12.5. The van der Waals surface area contributed by atoms with E-state index in [9.17, 15) is 0 Å². The summed E-state index contributed by atoms with van der Waals surface area (Å²) in [6, 6.07) is 15.9. The number of hydrogen-bond donors (Lipinski definition) is 0. The zero-order valence-corrected chi connectivity index (χ0v) is 10.4. The number of oxazole rings is 1. The lowest BCUT2D eigenvalue weighted by Gasteiger charge is -1.93. The Balaban J connectivity index is 2.28. The fourth-order valence-electron chi connectivity index (χ4n) is 2.01. The van der Waals surface area contributed by atoms with Crippen LogP contribution in [0.4, 0.5) is 5.69 Å². The Bertz CT molecular complexity index is 751. The Morgan fingerprint density at radius 3 is 2.50 bits per heavy atom. The monoisotopic (exact) mass is 238 g/mol. The molecule has 0 fully saturated rings. The molecule has 0 radical (unpaired) electrons. The molecular formula is C15H14N2O. The normalized spacial score (nSPS) is 12.2. The quantitative estimate of drug-likeness (QED) is 0.639. The zero-order valence-electron chi connectivity index (χ0n) is 10.4. The maximum absolute atomic E-state index is 5.83. The van der Waals surface area contributed by atoms with Gasteiger partial charge in [-0.25, -0.2) is 0 Å². The fourth-order valence-corrected chi connectivity index (χ4v) is 2.01. The second kappa shape index (κ2) is 4.18. The molecule has 0 N–H and O–H groups in total. The summed E-state index contributed by atoms with van der Waals surface area (Å²) >= 11 is 0. The average molecular weight is 238 g/mol. The summed E-state index contributed by atoms with van der Waals surface area (Å²) in [5.74, 6) is 0. The van der Waals surface area contributed by atoms with Gasteiger partial charge in [0, 0.05) is 7.05 Å². The average Bonchev–Trinajstić information content (AvgIpc) is 2.70. The second-order valence-electron chi connectivity index (χ2n) is 4.31. The van der Waals surface area contributed by atoms with Gasteiger partial charge in [0.05, 0.1) is 11.2 Å². The Morgan fingerprint density at radius 1 is 1.00 bits per heavy atom. The Morgan fingerprint density at radius 2 is 1.78 bits per heavy atom. The van der Waals surface area contributed by atoms with Crippen LogP contribution in [0.2, 0.25) is 0 Å². The molecule has 0 bridgehead atoms. The van der Waals surface area contributed by atoms with E-state index in [2.05, 4.69) is 4.99 Å². The first-order valence-corrected chi connectivity index (χ1v) is 5.90. The third-order valence-electron chi connectivity index (χ3n) is 3.01. The van der Waals surface area contributed by atoms with Crippen molar-refractivity contribution in [3.8, 4) is 0 Å². The van der Waals surface area contributed by atoms with Crippen molar-refractivity contribution in [2.75, 3.05) is 0 Å². The van der Waals surface area contributed by atoms with Crippen LogP contribution in [0.5, 0.6) is 0 Å². The molecule has 3 nitrogen and oxygen atoms in total. The van der Waals surface area contributed by atoms with Crippen LogP contribution < -0.4 is 5.68 Å². The Kier molecular flexibility index (Phi) is 2.52. The summed E-state index contributed by atoms with van der Waals surface area (Å²) in [6.45, 7) is 2.04. The minimum atomic E-state index is 0.616. The molecule has 18 heavy (non-hydrogen) atoms. The van der Waals surface area contributed by atoms with Crippen LogP contribution in [-0.2, 0) is 7.05 Å². The van der Waals surface area contributed by atoms with E-state index in [0.717, 1.165) is 22.4 Å². The number of fused-ring (bicyclic) bond motifs is 1. The second-order valence-corrected chi connectivity index (χ2v) is 4.31. The molecule has 0 unspecified atom stereocenters. The highest BCUT2D eigenvalue weighted by Gasteiger charge is 2.06. The highest BCUT2D eigenvalue weighted by atomic mass is 16.4. The maximum atomic E-state index is 5.83. The molecule has 0 atom stereocenters. The van der Waals surface area contributed by atoms with Crippen LogP contribution >= 0.6 is 0 Å². The molecule has 1 heterocycles. The van der Waals surface area contributed by atoms with Crippen molar-refractivity contribution in [2.24, 2.45) is 12.0 Å². The number of aromatic nitrogens is 1. The first kappa shape index (κ1) is 10.8. The van der Waals surface area contributed by atoms with Crippen molar-refractivity contribution in [3.05, 3.63) is 59.8 Å². The Hall–Kier alpha value is -2.29. The molecule has 0 aliphatic heterocycles. The van der Waals surface area contributed by atoms with Crippen molar-refractivity contribution in [1.82, 2.24) is 4.57 Å². The van der Waals surface area contributed by atoms with Crippen molar-refractivity contribution in [3.63, 3.8) is 0 Å². The molecule has 0 amide bonds. The predicted octanol–water partition coefficient (Wildman–Crippen LogP) is 3.31. The molecule has 0 spiro atoms. The molecule has 3 rings (SSSR count). The minimum Gasteiger partial charge on any atom is -0.423 e. The third-order valence-corrected chi connectivity index (χ3v) is 3.01. The van der Waals surface area contributed by atoms with Gasteiger partial charge in [-0.05, 0) is 30.7 Å². The number of benzene rings is 2. The number of para-hydroxylation sites is 2. The number of hydrogen-bond acceptors (Lipinski definition) is 2. The van der Waals surface area contributed by atoms with Crippen molar-refractivity contribution in [2.45, 2.75) is 6.92 Å². The molecule has 0 aliphatic carbocycles. The van der Waals surface area contributed by atoms with Gasteiger partial charge < -0.3 is 4.42 Å². The lowest BCUT2D eigenvalue weighted by Crippen LogP contribution is -2.10. The number of nitrogens with zero attached hydrogens (tertiary/aromatic N) is 2. The summed E-state index contributed by atoms with van der Waals surface area (Å²) in [5, 5.41) is 0. The molecule has 1 aromatic heterocycles. The molecule has 0 aliphatic rings. The van der Waals surface area contributed by atoms with Crippen LogP contribution in [0, 0.1) is 6.92 Å². The molecular weight excluding hydrogens is 224 g/mol. The topological polar surface area (TPSA) is 30.4 Å². The van der Waals surface area contributed by atoms with Gasteiger partial charge in [-0.3, -0.25) is 4.57 Å². The number of aryl methyl sites for hydroxylation is 2.